The summed E-state index contributed by atoms with van der Waals surface area (Å²) in [5.74, 6) is -0.120. The van der Waals surface area contributed by atoms with Crippen LogP contribution in [0.4, 0.5) is 0 Å². The summed E-state index contributed by atoms with van der Waals surface area (Å²) in [7, 11) is 0. The van der Waals surface area contributed by atoms with Gasteiger partial charge >= 0.3 is 0 Å². The van der Waals surface area contributed by atoms with Crippen molar-refractivity contribution in [3.05, 3.63) is 63.4 Å². The summed E-state index contributed by atoms with van der Waals surface area (Å²) < 4.78 is 0. The zero-order chi connectivity index (χ0) is 14.4. The van der Waals surface area contributed by atoms with Crippen LogP contribution < -0.4 is 5.32 Å². The summed E-state index contributed by atoms with van der Waals surface area (Å²) in [4.78, 5) is 14.0. The Morgan fingerprint density at radius 3 is 2.80 bits per heavy atom. The first kappa shape index (κ1) is 14.5. The molecule has 0 aliphatic rings. The Morgan fingerprint density at radius 2 is 2.10 bits per heavy atom. The van der Waals surface area contributed by atoms with Crippen LogP contribution in [0.5, 0.6) is 0 Å². The molecule has 4 heteroatoms. The van der Waals surface area contributed by atoms with Crippen LogP contribution in [-0.2, 0) is 17.9 Å². The van der Waals surface area contributed by atoms with Gasteiger partial charge in [-0.2, -0.15) is 0 Å². The maximum atomic E-state index is 11.7. The monoisotopic (exact) mass is 287 g/mol. The minimum atomic E-state index is -0.120. The first-order valence-corrected chi connectivity index (χ1v) is 7.20. The van der Waals surface area contributed by atoms with E-state index in [1.807, 2.05) is 49.4 Å². The van der Waals surface area contributed by atoms with E-state index >= 15 is 0 Å². The Kier molecular flexibility index (Phi) is 5.09. The molecule has 2 N–H and O–H groups in total. The highest BCUT2D eigenvalue weighted by Crippen LogP contribution is 2.16. The number of aliphatic hydroxyl groups excluding tert-OH is 1. The second-order valence-corrected chi connectivity index (χ2v) is 5.80. The topological polar surface area (TPSA) is 49.3 Å². The van der Waals surface area contributed by atoms with E-state index in [2.05, 4.69) is 5.32 Å². The first-order chi connectivity index (χ1) is 9.67. The van der Waals surface area contributed by atoms with Crippen LogP contribution in [0.15, 0.2) is 42.5 Å². The van der Waals surface area contributed by atoms with Crippen LogP contribution in [0.2, 0.25) is 0 Å². The van der Waals surface area contributed by atoms with Crippen LogP contribution in [0.3, 0.4) is 0 Å². The summed E-state index contributed by atoms with van der Waals surface area (Å²) >= 11 is 1.65. The molecule has 0 bridgehead atoms. The number of thiophene rings is 1. The van der Waals surface area contributed by atoms with Gasteiger partial charge in [0, 0.05) is 22.4 Å². The average molecular weight is 287 g/mol. The number of aryl methyl sites for hydroxylation is 1. The van der Waals surface area contributed by atoms with Crippen molar-refractivity contribution < 1.29 is 9.90 Å². The molecule has 1 aromatic heterocycles. The first-order valence-electron chi connectivity index (χ1n) is 6.38. The zero-order valence-electron chi connectivity index (χ0n) is 11.3. The quantitative estimate of drug-likeness (QED) is 0.831. The minimum Gasteiger partial charge on any atom is -0.392 e. The highest BCUT2D eigenvalue weighted by atomic mass is 32.1. The summed E-state index contributed by atoms with van der Waals surface area (Å²) in [6, 6.07) is 11.6. The molecule has 0 unspecified atom stereocenters. The van der Waals surface area contributed by atoms with Crippen molar-refractivity contribution in [1.82, 2.24) is 5.32 Å². The second-order valence-electron chi connectivity index (χ2n) is 4.48. The molecule has 0 spiro atoms. The van der Waals surface area contributed by atoms with Crippen LogP contribution in [-0.4, -0.2) is 11.0 Å². The summed E-state index contributed by atoms with van der Waals surface area (Å²) in [5.41, 5.74) is 1.83. The summed E-state index contributed by atoms with van der Waals surface area (Å²) in [6.45, 7) is 2.51. The van der Waals surface area contributed by atoms with E-state index < -0.39 is 0 Å². The molecule has 1 aromatic carbocycles. The molecule has 1 heterocycles. The second kappa shape index (κ2) is 7.03. The van der Waals surface area contributed by atoms with Gasteiger partial charge in [0.25, 0.3) is 0 Å². The Morgan fingerprint density at radius 1 is 1.30 bits per heavy atom. The predicted octanol–water partition coefficient (Wildman–Crippen LogP) is 2.88. The van der Waals surface area contributed by atoms with Crippen molar-refractivity contribution in [3.8, 4) is 0 Å². The standard InChI is InChI=1S/C16H17NO2S/c1-12-5-6-15(20-12)7-8-16(19)17-10-13-3-2-4-14(9-13)11-18/h2-9,18H,10-11H2,1H3,(H,17,19). The Labute approximate surface area is 122 Å². The van der Waals surface area contributed by atoms with E-state index in [4.69, 9.17) is 5.11 Å². The number of nitrogens with one attached hydrogen (secondary N) is 1. The van der Waals surface area contributed by atoms with E-state index in [1.54, 1.807) is 17.4 Å². The molecule has 0 saturated heterocycles. The molecule has 0 atom stereocenters. The molecule has 0 aliphatic carbocycles. The van der Waals surface area contributed by atoms with Gasteiger partial charge < -0.3 is 10.4 Å². The Bertz CT molecular complexity index is 616. The SMILES string of the molecule is Cc1ccc(C=CC(=O)NCc2cccc(CO)c2)s1. The number of benzene rings is 1. The van der Waals surface area contributed by atoms with Gasteiger partial charge in [-0.05, 0) is 36.3 Å². The van der Waals surface area contributed by atoms with Crippen molar-refractivity contribution >= 4 is 23.3 Å². The number of rotatable bonds is 5. The van der Waals surface area contributed by atoms with Crippen LogP contribution in [0.25, 0.3) is 6.08 Å². The van der Waals surface area contributed by atoms with Gasteiger partial charge in [-0.25, -0.2) is 0 Å². The lowest BCUT2D eigenvalue weighted by Gasteiger charge is -2.04. The molecule has 3 nitrogen and oxygen atoms in total. The average Bonchev–Trinajstić information content (AvgIpc) is 2.89. The van der Waals surface area contributed by atoms with Crippen LogP contribution >= 0.6 is 11.3 Å². The molecule has 104 valence electrons. The third kappa shape index (κ3) is 4.33. The van der Waals surface area contributed by atoms with Crippen LogP contribution in [0, 0.1) is 6.92 Å². The maximum absolute atomic E-state index is 11.7. The van der Waals surface area contributed by atoms with Crippen molar-refractivity contribution in [2.75, 3.05) is 0 Å². The summed E-state index contributed by atoms with van der Waals surface area (Å²) in [6.07, 6.45) is 3.36. The third-order valence-corrected chi connectivity index (χ3v) is 3.77. The van der Waals surface area contributed by atoms with Gasteiger partial charge in [0.2, 0.25) is 5.91 Å². The van der Waals surface area contributed by atoms with Crippen molar-refractivity contribution in [2.24, 2.45) is 0 Å². The fraction of sp³-hybridized carbons (Fsp3) is 0.188. The predicted molar refractivity (Wildman–Crippen MR) is 82.3 cm³/mol. The Balaban J connectivity index is 1.87. The van der Waals surface area contributed by atoms with Crippen molar-refractivity contribution in [2.45, 2.75) is 20.1 Å². The van der Waals surface area contributed by atoms with Crippen molar-refractivity contribution in [1.29, 1.82) is 0 Å². The lowest BCUT2D eigenvalue weighted by Crippen LogP contribution is -2.20. The molecule has 2 rings (SSSR count). The van der Waals surface area contributed by atoms with Gasteiger partial charge in [0.15, 0.2) is 0 Å². The molecule has 0 aliphatic heterocycles. The number of amides is 1. The van der Waals surface area contributed by atoms with Gasteiger partial charge in [-0.15, -0.1) is 11.3 Å². The molecule has 1 amide bonds. The lowest BCUT2D eigenvalue weighted by molar-refractivity contribution is -0.116. The highest BCUT2D eigenvalue weighted by Gasteiger charge is 1.99. The van der Waals surface area contributed by atoms with E-state index in [-0.39, 0.29) is 12.5 Å². The maximum Gasteiger partial charge on any atom is 0.244 e. The van der Waals surface area contributed by atoms with E-state index in [9.17, 15) is 4.79 Å². The number of hydrogen-bond acceptors (Lipinski definition) is 3. The van der Waals surface area contributed by atoms with Crippen molar-refractivity contribution in [3.63, 3.8) is 0 Å². The molecule has 0 saturated carbocycles. The smallest absolute Gasteiger partial charge is 0.244 e. The molecule has 20 heavy (non-hydrogen) atoms. The van der Waals surface area contributed by atoms with Gasteiger partial charge in [-0.1, -0.05) is 24.3 Å². The molecular weight excluding hydrogens is 270 g/mol. The largest absolute Gasteiger partial charge is 0.392 e. The molecule has 0 radical (unpaired) electrons. The summed E-state index contributed by atoms with van der Waals surface area (Å²) in [5, 5.41) is 11.9. The van der Waals surface area contributed by atoms with Gasteiger partial charge in [0.1, 0.15) is 0 Å². The minimum absolute atomic E-state index is 0.0133. The highest BCUT2D eigenvalue weighted by molar-refractivity contribution is 7.12. The normalized spacial score (nSPS) is 10.9. The van der Waals surface area contributed by atoms with E-state index in [0.717, 1.165) is 16.0 Å². The number of aliphatic hydroxyl groups is 1. The third-order valence-electron chi connectivity index (χ3n) is 2.80. The van der Waals surface area contributed by atoms with E-state index in [1.165, 1.54) is 4.88 Å². The number of carbonyl (C=O) groups excluding carboxylic acids is 1. The zero-order valence-corrected chi connectivity index (χ0v) is 12.1. The number of carbonyl (C=O) groups is 1. The lowest BCUT2D eigenvalue weighted by atomic mass is 10.1. The molecule has 2 aromatic rings. The van der Waals surface area contributed by atoms with E-state index in [0.29, 0.717) is 6.54 Å². The van der Waals surface area contributed by atoms with Gasteiger partial charge in [-0.3, -0.25) is 4.79 Å². The fourth-order valence-electron chi connectivity index (χ4n) is 1.79. The molecule has 0 fully saturated rings. The fourth-order valence-corrected chi connectivity index (χ4v) is 2.57. The number of hydrogen-bond donors (Lipinski definition) is 2. The Hall–Kier alpha value is -1.91. The van der Waals surface area contributed by atoms with Crippen LogP contribution in [0.1, 0.15) is 20.9 Å². The molecular formula is C16H17NO2S. The van der Waals surface area contributed by atoms with Gasteiger partial charge in [0.05, 0.1) is 6.61 Å².